The predicted octanol–water partition coefficient (Wildman–Crippen LogP) is 5.85. The van der Waals surface area contributed by atoms with E-state index >= 15 is 0 Å². The highest BCUT2D eigenvalue weighted by Crippen LogP contribution is 2.46. The Bertz CT molecular complexity index is 1660. The van der Waals surface area contributed by atoms with Crippen LogP contribution >= 0.6 is 0 Å². The van der Waals surface area contributed by atoms with Gasteiger partial charge in [-0.15, -0.1) is 0 Å². The molecule has 0 radical (unpaired) electrons. The molecule has 0 saturated carbocycles. The molecule has 1 aliphatic rings. The average molecular weight is 504 g/mol. The Morgan fingerprint density at radius 3 is 2.34 bits per heavy atom. The highest BCUT2D eigenvalue weighted by Gasteiger charge is 2.41. The van der Waals surface area contributed by atoms with Crippen molar-refractivity contribution in [2.75, 3.05) is 6.54 Å². The van der Waals surface area contributed by atoms with Gasteiger partial charge in [0, 0.05) is 35.6 Å². The maximum absolute atomic E-state index is 13.7. The molecule has 5 nitrogen and oxygen atoms in total. The molecule has 0 bridgehead atoms. The van der Waals surface area contributed by atoms with E-state index < -0.39 is 6.04 Å². The van der Waals surface area contributed by atoms with Crippen LogP contribution in [0, 0.1) is 5.82 Å². The molecule has 188 valence electrons. The number of aryl methyl sites for hydroxylation is 1. The lowest BCUT2D eigenvalue weighted by atomic mass is 9.93. The zero-order valence-electron chi connectivity index (χ0n) is 20.9. The summed E-state index contributed by atoms with van der Waals surface area (Å²) in [5.74, 6) is -0.774. The van der Waals surface area contributed by atoms with E-state index in [-0.39, 0.29) is 30.7 Å². The van der Waals surface area contributed by atoms with Gasteiger partial charge in [-0.25, -0.2) is 4.39 Å². The Kier molecular flexibility index (Phi) is 6.00. The van der Waals surface area contributed by atoms with E-state index in [1.54, 1.807) is 17.0 Å². The summed E-state index contributed by atoms with van der Waals surface area (Å²) in [5.41, 5.74) is 6.38. The van der Waals surface area contributed by atoms with Crippen LogP contribution in [-0.2, 0) is 18.4 Å². The number of halogens is 1. The minimum atomic E-state index is -0.434. The molecule has 0 spiro atoms. The fourth-order valence-corrected chi connectivity index (χ4v) is 5.50. The highest BCUT2D eigenvalue weighted by molar-refractivity contribution is 6.03. The van der Waals surface area contributed by atoms with Crippen molar-refractivity contribution in [1.82, 2.24) is 14.8 Å². The van der Waals surface area contributed by atoms with E-state index in [0.717, 1.165) is 38.9 Å². The van der Waals surface area contributed by atoms with Crippen LogP contribution in [-0.4, -0.2) is 27.8 Å². The standard InChI is InChI=1S/C32H26FN3O2/c1-35-27-14-8-7-13-26(27)29(30(35)22-9-3-2-4-10-22)31-24-11-5-6-12-25(24)32(38)36(31)20-28(37)34-19-21-15-17-23(33)18-16-21/h2-18,31H,19-20H2,1H3,(H,34,37). The number of hydrogen-bond donors (Lipinski definition) is 1. The molecule has 5 aromatic rings. The van der Waals surface area contributed by atoms with E-state index in [1.807, 2.05) is 61.6 Å². The second-order valence-electron chi connectivity index (χ2n) is 9.53. The Labute approximate surface area is 220 Å². The first-order valence-electron chi connectivity index (χ1n) is 12.6. The van der Waals surface area contributed by atoms with Crippen molar-refractivity contribution in [2.45, 2.75) is 12.6 Å². The molecule has 0 aliphatic carbocycles. The topological polar surface area (TPSA) is 54.3 Å². The third-order valence-electron chi connectivity index (χ3n) is 7.24. The van der Waals surface area contributed by atoms with Gasteiger partial charge in [0.05, 0.1) is 11.7 Å². The molecule has 0 saturated heterocycles. The lowest BCUT2D eigenvalue weighted by molar-refractivity contribution is -0.122. The van der Waals surface area contributed by atoms with Crippen LogP contribution < -0.4 is 5.32 Å². The third-order valence-corrected chi connectivity index (χ3v) is 7.24. The van der Waals surface area contributed by atoms with Crippen molar-refractivity contribution in [2.24, 2.45) is 7.05 Å². The zero-order valence-corrected chi connectivity index (χ0v) is 20.9. The first-order valence-corrected chi connectivity index (χ1v) is 12.6. The van der Waals surface area contributed by atoms with Crippen molar-refractivity contribution in [3.8, 4) is 11.3 Å². The smallest absolute Gasteiger partial charge is 0.255 e. The molecule has 6 heteroatoms. The molecular formula is C32H26FN3O2. The van der Waals surface area contributed by atoms with Gasteiger partial charge < -0.3 is 14.8 Å². The van der Waals surface area contributed by atoms with Gasteiger partial charge in [-0.2, -0.15) is 0 Å². The summed E-state index contributed by atoms with van der Waals surface area (Å²) in [7, 11) is 2.04. The molecule has 2 heterocycles. The highest BCUT2D eigenvalue weighted by atomic mass is 19.1. The molecule has 0 fully saturated rings. The van der Waals surface area contributed by atoms with E-state index in [2.05, 4.69) is 34.1 Å². The normalized spacial score (nSPS) is 14.6. The van der Waals surface area contributed by atoms with E-state index in [4.69, 9.17) is 0 Å². The summed E-state index contributed by atoms with van der Waals surface area (Å²) < 4.78 is 15.4. The Hall–Kier alpha value is -4.71. The van der Waals surface area contributed by atoms with Gasteiger partial charge in [0.25, 0.3) is 5.91 Å². The van der Waals surface area contributed by atoms with Crippen LogP contribution in [0.4, 0.5) is 4.39 Å². The number of aromatic nitrogens is 1. The summed E-state index contributed by atoms with van der Waals surface area (Å²) in [6.45, 7) is 0.152. The number of nitrogens with zero attached hydrogens (tertiary/aromatic N) is 2. The number of amides is 2. The largest absolute Gasteiger partial charge is 0.350 e. The van der Waals surface area contributed by atoms with Crippen LogP contribution in [0.15, 0.2) is 103 Å². The fraction of sp³-hybridized carbons (Fsp3) is 0.125. The number of rotatable bonds is 6. The molecule has 38 heavy (non-hydrogen) atoms. The SMILES string of the molecule is Cn1c(-c2ccccc2)c(C2c3ccccc3C(=O)N2CC(=O)NCc2ccc(F)cc2)c2ccccc21. The van der Waals surface area contributed by atoms with Gasteiger partial charge >= 0.3 is 0 Å². The second kappa shape index (κ2) is 9.63. The van der Waals surface area contributed by atoms with Gasteiger partial charge in [-0.3, -0.25) is 9.59 Å². The Balaban J connectivity index is 1.43. The lowest BCUT2D eigenvalue weighted by Crippen LogP contribution is -2.39. The van der Waals surface area contributed by atoms with Crippen molar-refractivity contribution >= 4 is 22.7 Å². The summed E-state index contributed by atoms with van der Waals surface area (Å²) >= 11 is 0. The number of carbonyl (C=O) groups excluding carboxylic acids is 2. The zero-order chi connectivity index (χ0) is 26.2. The average Bonchev–Trinajstić information content (AvgIpc) is 3.39. The van der Waals surface area contributed by atoms with E-state index in [9.17, 15) is 14.0 Å². The molecule has 1 aliphatic heterocycles. The number of carbonyl (C=O) groups is 2. The molecule has 6 rings (SSSR count). The number of hydrogen-bond acceptors (Lipinski definition) is 2. The van der Waals surface area contributed by atoms with E-state index in [1.165, 1.54) is 12.1 Å². The predicted molar refractivity (Wildman–Crippen MR) is 146 cm³/mol. The third kappa shape index (κ3) is 4.04. The quantitative estimate of drug-likeness (QED) is 0.316. The molecule has 1 aromatic heterocycles. The van der Waals surface area contributed by atoms with Crippen LogP contribution in [0.5, 0.6) is 0 Å². The number of nitrogens with one attached hydrogen (secondary N) is 1. The van der Waals surface area contributed by atoms with Crippen molar-refractivity contribution < 1.29 is 14.0 Å². The van der Waals surface area contributed by atoms with Crippen LogP contribution in [0.25, 0.3) is 22.2 Å². The van der Waals surface area contributed by atoms with Crippen molar-refractivity contribution in [3.05, 3.63) is 131 Å². The van der Waals surface area contributed by atoms with Crippen molar-refractivity contribution in [3.63, 3.8) is 0 Å². The fourth-order valence-electron chi connectivity index (χ4n) is 5.50. The maximum atomic E-state index is 13.7. The Morgan fingerprint density at radius 2 is 1.55 bits per heavy atom. The van der Waals surface area contributed by atoms with Gasteiger partial charge in [0.2, 0.25) is 5.91 Å². The maximum Gasteiger partial charge on any atom is 0.255 e. The lowest BCUT2D eigenvalue weighted by Gasteiger charge is -2.26. The molecular weight excluding hydrogens is 477 g/mol. The number of benzene rings is 4. The second-order valence-corrected chi connectivity index (χ2v) is 9.53. The summed E-state index contributed by atoms with van der Waals surface area (Å²) in [5, 5.41) is 3.93. The van der Waals surface area contributed by atoms with Gasteiger partial charge in [-0.05, 0) is 41.0 Å². The first-order chi connectivity index (χ1) is 18.5. The number of para-hydroxylation sites is 1. The van der Waals surface area contributed by atoms with Crippen LogP contribution in [0.1, 0.15) is 33.1 Å². The number of fused-ring (bicyclic) bond motifs is 2. The monoisotopic (exact) mass is 503 g/mol. The van der Waals surface area contributed by atoms with Gasteiger partial charge in [0.15, 0.2) is 0 Å². The van der Waals surface area contributed by atoms with Crippen LogP contribution in [0.3, 0.4) is 0 Å². The minimum absolute atomic E-state index is 0.100. The molecule has 2 amide bonds. The minimum Gasteiger partial charge on any atom is -0.350 e. The summed E-state index contributed by atoms with van der Waals surface area (Å²) in [6.07, 6.45) is 0. The molecule has 4 aromatic carbocycles. The van der Waals surface area contributed by atoms with Gasteiger partial charge in [-0.1, -0.05) is 78.9 Å². The summed E-state index contributed by atoms with van der Waals surface area (Å²) in [6, 6.07) is 31.5. The summed E-state index contributed by atoms with van der Waals surface area (Å²) in [4.78, 5) is 28.5. The van der Waals surface area contributed by atoms with Gasteiger partial charge in [0.1, 0.15) is 12.4 Å². The Morgan fingerprint density at radius 1 is 0.868 bits per heavy atom. The molecule has 1 unspecified atom stereocenters. The van der Waals surface area contributed by atoms with E-state index in [0.29, 0.717) is 5.56 Å². The van der Waals surface area contributed by atoms with Crippen molar-refractivity contribution in [1.29, 1.82) is 0 Å². The first kappa shape index (κ1) is 23.7. The molecule has 1 atom stereocenters. The molecule has 1 N–H and O–H groups in total. The van der Waals surface area contributed by atoms with Crippen LogP contribution in [0.2, 0.25) is 0 Å².